The van der Waals surface area contributed by atoms with E-state index in [1.54, 1.807) is 18.2 Å². The van der Waals surface area contributed by atoms with Gasteiger partial charge in [0.05, 0.1) is 11.1 Å². The van der Waals surface area contributed by atoms with Gasteiger partial charge in [0.2, 0.25) is 0 Å². The number of nitrogens with one attached hydrogen (secondary N) is 2. The normalized spacial score (nSPS) is 18.2. The third kappa shape index (κ3) is 8.54. The van der Waals surface area contributed by atoms with E-state index in [0.717, 1.165) is 55.1 Å². The van der Waals surface area contributed by atoms with E-state index in [0.29, 0.717) is 28.8 Å². The molecule has 4 heterocycles. The molecule has 2 amide bonds. The number of carbonyl (C=O) groups excluding carboxylic acids is 2. The van der Waals surface area contributed by atoms with Gasteiger partial charge < -0.3 is 41.7 Å². The monoisotopic (exact) mass is 735 g/mol. The molecule has 270 valence electrons. The largest absolute Gasteiger partial charge is 0.489 e. The number of amides is 2. The number of aromatic nitrogens is 2. The van der Waals surface area contributed by atoms with Gasteiger partial charge in [-0.15, -0.1) is 15.6 Å². The van der Waals surface area contributed by atoms with Crippen LogP contribution in [0.25, 0.3) is 10.9 Å². The molecule has 0 aliphatic carbocycles. The summed E-state index contributed by atoms with van der Waals surface area (Å²) in [6.07, 6.45) is -0.859. The molecule has 0 spiro atoms. The number of β-lactam (4-membered cyclic amide) rings is 1. The first-order valence-corrected chi connectivity index (χ1v) is 17.6. The lowest BCUT2D eigenvalue weighted by Gasteiger charge is -2.50. The molecule has 3 aromatic rings. The van der Waals surface area contributed by atoms with Crippen molar-refractivity contribution in [3.63, 3.8) is 0 Å². The summed E-state index contributed by atoms with van der Waals surface area (Å²) in [5.74, 6) is -1.76. The molecule has 2 saturated heterocycles. The number of thiazole rings is 1. The zero-order valence-corrected chi connectivity index (χ0v) is 28.6. The molecule has 0 bridgehead atoms. The number of anilines is 2. The average Bonchev–Trinajstić information content (AvgIpc) is 3.47. The third-order valence-corrected chi connectivity index (χ3v) is 9.01. The Bertz CT molecular complexity index is 1880. The highest BCUT2D eigenvalue weighted by Crippen LogP contribution is 2.33. The summed E-state index contributed by atoms with van der Waals surface area (Å²) in [7, 11) is -5.02. The van der Waals surface area contributed by atoms with E-state index in [1.807, 2.05) is 12.1 Å². The van der Waals surface area contributed by atoms with E-state index in [-0.39, 0.29) is 10.8 Å². The van der Waals surface area contributed by atoms with Crippen molar-refractivity contribution >= 4 is 67.1 Å². The summed E-state index contributed by atoms with van der Waals surface area (Å²) in [4.78, 5) is 54.2. The SMILES string of the molecule is CC1(C)C(NC(=O)/C(=N\O[C@@H](COc2ccc3nc(N(CCCN)CC4CNC4)ccc3c2)C(=O)O)c2csc(N)n2)C(=O)N1OS(=O)(=O)O. The molecule has 2 fully saturated rings. The second-order valence-electron chi connectivity index (χ2n) is 12.1. The number of carboxylic acid groups (broad SMARTS) is 1. The summed E-state index contributed by atoms with van der Waals surface area (Å²) in [6, 6.07) is 7.60. The molecule has 2 aromatic heterocycles. The Morgan fingerprint density at radius 2 is 2.02 bits per heavy atom. The van der Waals surface area contributed by atoms with Crippen molar-refractivity contribution < 1.29 is 46.3 Å². The molecule has 1 aromatic carbocycles. The zero-order valence-electron chi connectivity index (χ0n) is 27.0. The Morgan fingerprint density at radius 1 is 1.26 bits per heavy atom. The summed E-state index contributed by atoms with van der Waals surface area (Å²) in [5, 5.41) is 21.8. The number of benzene rings is 1. The highest BCUT2D eigenvalue weighted by Gasteiger charge is 2.58. The fraction of sp³-hybridized carbons (Fsp3) is 0.448. The van der Waals surface area contributed by atoms with Crippen molar-refractivity contribution in [1.82, 2.24) is 25.7 Å². The second kappa shape index (κ2) is 15.1. The molecule has 2 aliphatic rings. The number of carbonyl (C=O) groups is 3. The first kappa shape index (κ1) is 36.6. The van der Waals surface area contributed by atoms with E-state index in [1.165, 1.54) is 19.2 Å². The average molecular weight is 736 g/mol. The van der Waals surface area contributed by atoms with Crippen molar-refractivity contribution in [2.75, 3.05) is 50.0 Å². The lowest BCUT2D eigenvalue weighted by Crippen LogP contribution is -2.76. The van der Waals surface area contributed by atoms with Crippen molar-refractivity contribution in [1.29, 1.82) is 0 Å². The Labute approximate surface area is 290 Å². The fourth-order valence-corrected chi connectivity index (χ4v) is 6.19. The van der Waals surface area contributed by atoms with Gasteiger partial charge in [0.25, 0.3) is 17.9 Å². The van der Waals surface area contributed by atoms with Gasteiger partial charge >= 0.3 is 16.4 Å². The molecule has 1 unspecified atom stereocenters. The van der Waals surface area contributed by atoms with Gasteiger partial charge in [0, 0.05) is 42.9 Å². The number of hydrogen-bond donors (Lipinski definition) is 6. The highest BCUT2D eigenvalue weighted by atomic mass is 32.3. The maximum absolute atomic E-state index is 13.3. The molecule has 0 radical (unpaired) electrons. The van der Waals surface area contributed by atoms with Crippen LogP contribution in [0.1, 0.15) is 26.0 Å². The number of nitrogens with zero attached hydrogens (tertiary/aromatic N) is 5. The number of oxime groups is 1. The first-order chi connectivity index (χ1) is 23.7. The number of ether oxygens (including phenoxy) is 1. The number of aliphatic carboxylic acids is 1. The molecule has 50 heavy (non-hydrogen) atoms. The van der Waals surface area contributed by atoms with Crippen LogP contribution in [-0.2, 0) is 33.9 Å². The lowest BCUT2D eigenvalue weighted by molar-refractivity contribution is -0.218. The van der Waals surface area contributed by atoms with Gasteiger partial charge in [-0.3, -0.25) is 14.1 Å². The van der Waals surface area contributed by atoms with Gasteiger partial charge in [-0.1, -0.05) is 5.16 Å². The van der Waals surface area contributed by atoms with Crippen LogP contribution in [0, 0.1) is 5.92 Å². The summed E-state index contributed by atoms with van der Waals surface area (Å²) in [5.41, 5.74) is 10.1. The molecule has 21 heteroatoms. The van der Waals surface area contributed by atoms with Crippen molar-refractivity contribution in [3.05, 3.63) is 41.4 Å². The van der Waals surface area contributed by atoms with Crippen LogP contribution < -0.4 is 31.7 Å². The first-order valence-electron chi connectivity index (χ1n) is 15.4. The number of nitrogens with two attached hydrogens (primary N) is 2. The van der Waals surface area contributed by atoms with Gasteiger partial charge in [-0.05, 0) is 57.1 Å². The zero-order chi connectivity index (χ0) is 36.2. The molecular weight excluding hydrogens is 699 g/mol. The van der Waals surface area contributed by atoms with Crippen LogP contribution in [0.5, 0.6) is 5.75 Å². The maximum Gasteiger partial charge on any atom is 0.418 e. The summed E-state index contributed by atoms with van der Waals surface area (Å²) in [6.45, 7) is 6.37. The standard InChI is InChI=1S/C29H37N9O10S2/c1-29(2)24(26(40)38(29)48-50(43,44)45)35-25(39)23(20-15-49-28(31)34-20)36-47-21(27(41)42)14-46-18-5-6-19-17(10-18)4-7-22(33-19)37(9-3-8-30)13-16-11-32-12-16/h4-7,10,15-16,21,24,32H,3,8-9,11-14,30H2,1-2H3,(H2,31,34)(H,35,39)(H,41,42)(H,43,44,45)/b36-23-/t21-,24?/m0/s1. The number of hydroxylamine groups is 2. The summed E-state index contributed by atoms with van der Waals surface area (Å²) < 4.78 is 41.2. The van der Waals surface area contributed by atoms with E-state index in [9.17, 15) is 27.9 Å². The van der Waals surface area contributed by atoms with Gasteiger partial charge in [0.15, 0.2) is 10.8 Å². The van der Waals surface area contributed by atoms with E-state index >= 15 is 0 Å². The van der Waals surface area contributed by atoms with Crippen LogP contribution in [-0.4, -0.2) is 114 Å². The van der Waals surface area contributed by atoms with Crippen LogP contribution in [0.15, 0.2) is 40.9 Å². The van der Waals surface area contributed by atoms with Crippen LogP contribution in [0.4, 0.5) is 10.9 Å². The molecule has 0 saturated carbocycles. The minimum Gasteiger partial charge on any atom is -0.489 e. The molecule has 19 nitrogen and oxygen atoms in total. The molecule has 8 N–H and O–H groups in total. The predicted octanol–water partition coefficient (Wildman–Crippen LogP) is -0.259. The van der Waals surface area contributed by atoms with Crippen LogP contribution in [0.3, 0.4) is 0 Å². The quantitative estimate of drug-likeness (QED) is 0.0451. The number of carboxylic acids is 1. The lowest BCUT2D eigenvalue weighted by atomic mass is 9.84. The van der Waals surface area contributed by atoms with Crippen molar-refractivity contribution in [3.8, 4) is 5.75 Å². The van der Waals surface area contributed by atoms with Crippen molar-refractivity contribution in [2.24, 2.45) is 16.8 Å². The fourth-order valence-electron chi connectivity index (χ4n) is 5.18. The number of nitrogen functional groups attached to an aromatic ring is 1. The van der Waals surface area contributed by atoms with E-state index in [4.69, 9.17) is 30.6 Å². The third-order valence-electron chi connectivity index (χ3n) is 8.00. The Balaban J connectivity index is 1.27. The van der Waals surface area contributed by atoms with Gasteiger partial charge in [-0.25, -0.2) is 14.8 Å². The second-order valence-corrected chi connectivity index (χ2v) is 14.0. The number of rotatable bonds is 17. The smallest absolute Gasteiger partial charge is 0.418 e. The molecule has 2 atom stereocenters. The van der Waals surface area contributed by atoms with Gasteiger partial charge in [0.1, 0.15) is 29.9 Å². The molecular formula is C29H37N9O10S2. The van der Waals surface area contributed by atoms with Crippen molar-refractivity contribution in [2.45, 2.75) is 38.0 Å². The van der Waals surface area contributed by atoms with E-state index < -0.39 is 58.2 Å². The molecule has 5 rings (SSSR count). The Kier molecular flexibility index (Phi) is 11.0. The number of pyridine rings is 1. The predicted molar refractivity (Wildman–Crippen MR) is 181 cm³/mol. The maximum atomic E-state index is 13.3. The Hall–Kier alpha value is -4.67. The highest BCUT2D eigenvalue weighted by molar-refractivity contribution is 7.80. The Morgan fingerprint density at radius 3 is 2.62 bits per heavy atom. The molecule has 2 aliphatic heterocycles. The minimum absolute atomic E-state index is 0.0586. The topological polar surface area (TPSA) is 274 Å². The number of hydrogen-bond acceptors (Lipinski definition) is 16. The summed E-state index contributed by atoms with van der Waals surface area (Å²) >= 11 is 0.961. The van der Waals surface area contributed by atoms with Crippen LogP contribution >= 0.6 is 11.3 Å². The number of fused-ring (bicyclic) bond motifs is 1. The van der Waals surface area contributed by atoms with Crippen LogP contribution in [0.2, 0.25) is 0 Å². The minimum atomic E-state index is -5.02. The van der Waals surface area contributed by atoms with E-state index in [2.05, 4.69) is 30.0 Å². The van der Waals surface area contributed by atoms with Gasteiger partial charge in [-0.2, -0.15) is 13.5 Å².